The van der Waals surface area contributed by atoms with Crippen LogP contribution in [-0.4, -0.2) is 32.4 Å². The largest absolute Gasteiger partial charge is 0.462 e. The molecule has 0 bridgehead atoms. The van der Waals surface area contributed by atoms with Crippen LogP contribution in [0.25, 0.3) is 5.65 Å². The Bertz CT molecular complexity index is 1030. The summed E-state index contributed by atoms with van der Waals surface area (Å²) in [7, 11) is 0. The lowest BCUT2D eigenvalue weighted by Crippen LogP contribution is -2.13. The molecule has 0 N–H and O–H groups in total. The van der Waals surface area contributed by atoms with E-state index >= 15 is 0 Å². The molecule has 10 heteroatoms. The van der Waals surface area contributed by atoms with Crippen LogP contribution in [0.15, 0.2) is 10.2 Å². The van der Waals surface area contributed by atoms with Gasteiger partial charge in [0.05, 0.1) is 29.2 Å². The Balaban J connectivity index is 2.11. The summed E-state index contributed by atoms with van der Waals surface area (Å²) in [5, 5.41) is 29.5. The molecule has 0 saturated heterocycles. The molecule has 28 heavy (non-hydrogen) atoms. The van der Waals surface area contributed by atoms with Crippen molar-refractivity contribution in [2.24, 2.45) is 10.2 Å². The Labute approximate surface area is 162 Å². The molecule has 3 aromatic rings. The number of carbonyl (C=O) groups excluding carboxylic acids is 1. The second-order valence-electron chi connectivity index (χ2n) is 7.80. The third-order valence-electron chi connectivity index (χ3n) is 4.13. The number of azo groups is 1. The quantitative estimate of drug-likeness (QED) is 0.488. The first-order valence-electron chi connectivity index (χ1n) is 9.16. The highest BCUT2D eigenvalue weighted by Gasteiger charge is 2.22. The van der Waals surface area contributed by atoms with Crippen LogP contribution in [0.5, 0.6) is 0 Å². The number of fused-ring (bicyclic) bond motifs is 1. The minimum absolute atomic E-state index is 0.110. The van der Waals surface area contributed by atoms with Gasteiger partial charge in [-0.25, -0.2) is 4.79 Å². The fourth-order valence-electron chi connectivity index (χ4n) is 2.74. The number of ether oxygens (including phenoxy) is 1. The van der Waals surface area contributed by atoms with Crippen LogP contribution in [0, 0.1) is 6.92 Å². The zero-order valence-electron chi connectivity index (χ0n) is 17.2. The van der Waals surface area contributed by atoms with E-state index in [1.807, 2.05) is 34.6 Å². The van der Waals surface area contributed by atoms with Crippen molar-refractivity contribution in [3.63, 3.8) is 0 Å². The number of aryl methyl sites for hydroxylation is 1. The molecule has 3 rings (SSSR count). The second kappa shape index (κ2) is 7.17. The summed E-state index contributed by atoms with van der Waals surface area (Å²) in [4.78, 5) is 12.2. The highest BCUT2D eigenvalue weighted by atomic mass is 16.5. The van der Waals surface area contributed by atoms with Crippen molar-refractivity contribution in [3.8, 4) is 0 Å². The van der Waals surface area contributed by atoms with Gasteiger partial charge in [-0.15, -0.1) is 0 Å². The van der Waals surface area contributed by atoms with Crippen LogP contribution in [-0.2, 0) is 10.2 Å². The van der Waals surface area contributed by atoms with Gasteiger partial charge in [0, 0.05) is 16.9 Å². The standard InChI is InChI=1S/C18H25N8O2/c1-8-28-17(27)11-10(4)19-21-14(11)22-20-12-13(18(5,6)7)25-26-15(9(2)3)23-24-16(12)26/h9H,8H2,1-7H3,(H-,19,20,21,22,24,25,27)/q-1/p-1. The number of carbonyl (C=O) groups is 1. The molecule has 3 aromatic heterocycles. The van der Waals surface area contributed by atoms with Gasteiger partial charge in [-0.1, -0.05) is 34.6 Å². The summed E-state index contributed by atoms with van der Waals surface area (Å²) in [6, 6.07) is 0. The van der Waals surface area contributed by atoms with Gasteiger partial charge in [0.2, 0.25) is 0 Å². The van der Waals surface area contributed by atoms with Crippen LogP contribution >= 0.6 is 0 Å². The lowest BCUT2D eigenvalue weighted by Gasteiger charge is -2.18. The van der Waals surface area contributed by atoms with Gasteiger partial charge in [0.15, 0.2) is 0 Å². The predicted octanol–water partition coefficient (Wildman–Crippen LogP) is 3.36. The van der Waals surface area contributed by atoms with Crippen LogP contribution < -0.4 is 10.2 Å². The molecular formula is C18H24N8O2-2. The second-order valence-corrected chi connectivity index (χ2v) is 7.80. The molecule has 0 saturated carbocycles. The van der Waals surface area contributed by atoms with Crippen LogP contribution in [0.1, 0.15) is 75.0 Å². The fraction of sp³-hybridized carbons (Fsp3) is 0.556. The number of hydrogen-bond acceptors (Lipinski definition) is 7. The molecule has 0 amide bonds. The van der Waals surface area contributed by atoms with Gasteiger partial charge >= 0.3 is 5.97 Å². The van der Waals surface area contributed by atoms with E-state index in [9.17, 15) is 4.79 Å². The Kier molecular flexibility index (Phi) is 5.05. The summed E-state index contributed by atoms with van der Waals surface area (Å²) in [5.74, 6) is 0.490. The van der Waals surface area contributed by atoms with Crippen LogP contribution in [0.2, 0.25) is 0 Å². The van der Waals surface area contributed by atoms with Crippen LogP contribution in [0.3, 0.4) is 0 Å². The lowest BCUT2D eigenvalue weighted by molar-refractivity contribution is 0.0526. The van der Waals surface area contributed by atoms with Crippen LogP contribution in [0.4, 0.5) is 11.5 Å². The SMILES string of the molecule is CCOC(=O)c1c(C)n[n-]c1N=Nc1c(C(C)(C)C)nn2c(C(C)C)n[n-]c12. The van der Waals surface area contributed by atoms with Gasteiger partial charge in [0.1, 0.15) is 0 Å². The Hall–Kier alpha value is -3.04. The number of nitrogens with zero attached hydrogens (tertiary/aromatic N) is 8. The fourth-order valence-corrected chi connectivity index (χ4v) is 2.74. The third-order valence-corrected chi connectivity index (χ3v) is 4.13. The minimum atomic E-state index is -0.523. The number of esters is 1. The molecule has 0 unspecified atom stereocenters. The normalized spacial score (nSPS) is 12.6. The van der Waals surface area contributed by atoms with E-state index in [0.717, 1.165) is 11.5 Å². The van der Waals surface area contributed by atoms with E-state index in [-0.39, 0.29) is 29.3 Å². The monoisotopic (exact) mass is 384 g/mol. The van der Waals surface area contributed by atoms with E-state index < -0.39 is 5.97 Å². The summed E-state index contributed by atoms with van der Waals surface area (Å²) >= 11 is 0. The van der Waals surface area contributed by atoms with Crippen molar-refractivity contribution in [2.75, 3.05) is 6.61 Å². The minimum Gasteiger partial charge on any atom is -0.462 e. The molecule has 10 nitrogen and oxygen atoms in total. The molecule has 0 aromatic carbocycles. The first-order valence-corrected chi connectivity index (χ1v) is 9.16. The summed E-state index contributed by atoms with van der Waals surface area (Å²) in [5.41, 5.74) is 2.12. The smallest absolute Gasteiger partial charge is 0.339 e. The Morgan fingerprint density at radius 3 is 2.54 bits per heavy atom. The zero-order valence-corrected chi connectivity index (χ0v) is 17.2. The van der Waals surface area contributed by atoms with Crippen molar-refractivity contribution >= 4 is 23.1 Å². The number of aromatic nitrogens is 6. The van der Waals surface area contributed by atoms with Gasteiger partial charge in [-0.05, 0) is 25.6 Å². The molecule has 0 atom stereocenters. The topological polar surface area (TPSA) is 122 Å². The first kappa shape index (κ1) is 19.7. The van der Waals surface area contributed by atoms with Gasteiger partial charge in [-0.3, -0.25) is 20.4 Å². The van der Waals surface area contributed by atoms with Crippen molar-refractivity contribution in [3.05, 3.63) is 22.8 Å². The van der Waals surface area contributed by atoms with E-state index in [4.69, 9.17) is 4.74 Å². The maximum atomic E-state index is 12.2. The van der Waals surface area contributed by atoms with Gasteiger partial charge in [0.25, 0.3) is 0 Å². The molecule has 0 aliphatic carbocycles. The number of hydrogen-bond donors (Lipinski definition) is 0. The van der Waals surface area contributed by atoms with Crippen molar-refractivity contribution in [1.82, 2.24) is 30.0 Å². The summed E-state index contributed by atoms with van der Waals surface area (Å²) in [6.07, 6.45) is 0. The average Bonchev–Trinajstić information content (AvgIpc) is 3.25. The molecule has 0 aliphatic heterocycles. The van der Waals surface area contributed by atoms with Gasteiger partial charge < -0.3 is 24.6 Å². The van der Waals surface area contributed by atoms with Crippen molar-refractivity contribution < 1.29 is 9.53 Å². The Morgan fingerprint density at radius 1 is 1.21 bits per heavy atom. The molecule has 0 aliphatic rings. The van der Waals surface area contributed by atoms with E-state index in [2.05, 4.69) is 35.7 Å². The van der Waals surface area contributed by atoms with Crippen molar-refractivity contribution in [2.45, 2.75) is 59.8 Å². The number of rotatable bonds is 5. The highest BCUT2D eigenvalue weighted by molar-refractivity contribution is 5.95. The lowest BCUT2D eigenvalue weighted by atomic mass is 9.91. The van der Waals surface area contributed by atoms with E-state index in [1.165, 1.54) is 0 Å². The molecule has 0 spiro atoms. The first-order chi connectivity index (χ1) is 13.1. The third kappa shape index (κ3) is 3.41. The maximum Gasteiger partial charge on any atom is 0.339 e. The predicted molar refractivity (Wildman–Crippen MR) is 102 cm³/mol. The van der Waals surface area contributed by atoms with E-state index in [0.29, 0.717) is 17.0 Å². The molecule has 150 valence electrons. The highest BCUT2D eigenvalue weighted by Crippen LogP contribution is 2.35. The maximum absolute atomic E-state index is 12.2. The average molecular weight is 384 g/mol. The molecule has 3 heterocycles. The summed E-state index contributed by atoms with van der Waals surface area (Å²) in [6.45, 7) is 13.8. The van der Waals surface area contributed by atoms with Gasteiger partial charge in [-0.2, -0.15) is 0 Å². The molecular weight excluding hydrogens is 360 g/mol. The Morgan fingerprint density at radius 2 is 1.93 bits per heavy atom. The molecule has 0 radical (unpaired) electrons. The van der Waals surface area contributed by atoms with Crippen molar-refractivity contribution in [1.29, 1.82) is 0 Å². The summed E-state index contributed by atoms with van der Waals surface area (Å²) < 4.78 is 6.77. The zero-order chi connectivity index (χ0) is 20.6. The molecule has 0 fully saturated rings. The van der Waals surface area contributed by atoms with E-state index in [1.54, 1.807) is 18.4 Å².